The zero-order valence-electron chi connectivity index (χ0n) is 10.9. The van der Waals surface area contributed by atoms with Crippen LogP contribution < -0.4 is 0 Å². The van der Waals surface area contributed by atoms with Crippen LogP contribution in [-0.2, 0) is 0 Å². The van der Waals surface area contributed by atoms with Crippen LogP contribution in [0.25, 0.3) is 0 Å². The van der Waals surface area contributed by atoms with Gasteiger partial charge in [-0.15, -0.1) is 0 Å². The molecule has 0 radical (unpaired) electrons. The van der Waals surface area contributed by atoms with E-state index in [0.29, 0.717) is 5.02 Å². The third-order valence-electron chi connectivity index (χ3n) is 2.91. The van der Waals surface area contributed by atoms with Crippen molar-refractivity contribution in [2.45, 2.75) is 10.3 Å². The van der Waals surface area contributed by atoms with Gasteiger partial charge in [0.2, 0.25) is 0 Å². The van der Waals surface area contributed by atoms with E-state index in [0.717, 1.165) is 15.5 Å². The number of thioether (sulfide) groups is 1. The Balaban J connectivity index is 1.97. The molecule has 0 N–H and O–H groups in total. The largest absolute Gasteiger partial charge is 0.235 e. The SMILES string of the molecule is Clc1ccc(SC(c2ccccc2Cl)n2cncn2)cc1. The molecule has 0 spiro atoms. The summed E-state index contributed by atoms with van der Waals surface area (Å²) in [5.41, 5.74) is 0.990. The van der Waals surface area contributed by atoms with E-state index in [9.17, 15) is 0 Å². The number of rotatable bonds is 4. The summed E-state index contributed by atoms with van der Waals surface area (Å²) in [4.78, 5) is 5.11. The molecule has 1 heterocycles. The van der Waals surface area contributed by atoms with Gasteiger partial charge in [0.25, 0.3) is 0 Å². The van der Waals surface area contributed by atoms with Crippen molar-refractivity contribution in [3.8, 4) is 0 Å². The van der Waals surface area contributed by atoms with Gasteiger partial charge < -0.3 is 0 Å². The molecule has 0 saturated carbocycles. The summed E-state index contributed by atoms with van der Waals surface area (Å²) < 4.78 is 1.79. The first kappa shape index (κ1) is 14.4. The van der Waals surface area contributed by atoms with Crippen molar-refractivity contribution in [2.75, 3.05) is 0 Å². The molecule has 0 saturated heterocycles. The second kappa shape index (κ2) is 6.52. The van der Waals surface area contributed by atoms with Gasteiger partial charge in [0.05, 0.1) is 0 Å². The fourth-order valence-corrected chi connectivity index (χ4v) is 3.45. The monoisotopic (exact) mass is 335 g/mol. The Bertz CT molecular complexity index is 714. The summed E-state index contributed by atoms with van der Waals surface area (Å²) >= 11 is 13.9. The lowest BCUT2D eigenvalue weighted by Crippen LogP contribution is -2.08. The van der Waals surface area contributed by atoms with Gasteiger partial charge in [0.1, 0.15) is 18.0 Å². The van der Waals surface area contributed by atoms with Crippen molar-refractivity contribution < 1.29 is 0 Å². The van der Waals surface area contributed by atoms with E-state index in [1.165, 1.54) is 6.33 Å². The molecule has 0 amide bonds. The first-order valence-electron chi connectivity index (χ1n) is 6.25. The molecule has 1 aromatic heterocycles. The highest BCUT2D eigenvalue weighted by atomic mass is 35.5. The number of hydrogen-bond acceptors (Lipinski definition) is 3. The van der Waals surface area contributed by atoms with Crippen LogP contribution >= 0.6 is 35.0 Å². The molecular weight excluding hydrogens is 325 g/mol. The Kier molecular flexibility index (Phi) is 4.48. The first-order chi connectivity index (χ1) is 10.2. The molecule has 0 aliphatic carbocycles. The predicted octanol–water partition coefficient (Wildman–Crippen LogP) is 4.92. The van der Waals surface area contributed by atoms with Gasteiger partial charge in [0.15, 0.2) is 0 Å². The van der Waals surface area contributed by atoms with Crippen molar-refractivity contribution in [2.24, 2.45) is 0 Å². The quantitative estimate of drug-likeness (QED) is 0.633. The lowest BCUT2D eigenvalue weighted by Gasteiger charge is -2.18. The normalized spacial score (nSPS) is 12.3. The second-order valence-electron chi connectivity index (χ2n) is 4.32. The van der Waals surface area contributed by atoms with Crippen LogP contribution in [-0.4, -0.2) is 14.8 Å². The van der Waals surface area contributed by atoms with Crippen LogP contribution in [0.5, 0.6) is 0 Å². The van der Waals surface area contributed by atoms with Gasteiger partial charge in [-0.3, -0.25) is 0 Å². The van der Waals surface area contributed by atoms with Crippen LogP contribution in [0.1, 0.15) is 10.9 Å². The maximum atomic E-state index is 6.33. The van der Waals surface area contributed by atoms with Crippen molar-refractivity contribution in [3.63, 3.8) is 0 Å². The molecule has 0 fully saturated rings. The van der Waals surface area contributed by atoms with E-state index in [-0.39, 0.29) is 5.37 Å². The van der Waals surface area contributed by atoms with E-state index in [1.807, 2.05) is 48.5 Å². The van der Waals surface area contributed by atoms with Crippen LogP contribution in [0.2, 0.25) is 10.0 Å². The van der Waals surface area contributed by atoms with Gasteiger partial charge in [-0.1, -0.05) is 53.2 Å². The average molecular weight is 336 g/mol. The van der Waals surface area contributed by atoms with Gasteiger partial charge in [-0.2, -0.15) is 5.10 Å². The van der Waals surface area contributed by atoms with Gasteiger partial charge in [0, 0.05) is 20.5 Å². The van der Waals surface area contributed by atoms with E-state index in [1.54, 1.807) is 22.8 Å². The average Bonchev–Trinajstić information content (AvgIpc) is 3.02. The van der Waals surface area contributed by atoms with Crippen LogP contribution in [0.4, 0.5) is 0 Å². The number of aromatic nitrogens is 3. The molecule has 2 aromatic carbocycles. The standard InChI is InChI=1S/C15H11Cl2N3S/c16-11-5-7-12(8-6-11)21-15(20-10-18-9-19-20)13-3-1-2-4-14(13)17/h1-10,15H. The minimum atomic E-state index is -0.0811. The fourth-order valence-electron chi connectivity index (χ4n) is 1.92. The maximum absolute atomic E-state index is 6.33. The summed E-state index contributed by atoms with van der Waals surface area (Å²) in [5, 5.41) is 5.59. The lowest BCUT2D eigenvalue weighted by atomic mass is 10.2. The highest BCUT2D eigenvalue weighted by Gasteiger charge is 2.18. The van der Waals surface area contributed by atoms with Crippen molar-refractivity contribution in [1.82, 2.24) is 14.8 Å². The molecule has 0 aliphatic heterocycles. The lowest BCUT2D eigenvalue weighted by molar-refractivity contribution is 0.668. The number of benzene rings is 2. The summed E-state index contributed by atoms with van der Waals surface area (Å²) in [6, 6.07) is 15.5. The van der Waals surface area contributed by atoms with E-state index >= 15 is 0 Å². The minimum Gasteiger partial charge on any atom is -0.235 e. The number of halogens is 2. The third kappa shape index (κ3) is 3.40. The van der Waals surface area contributed by atoms with E-state index in [2.05, 4.69) is 10.1 Å². The highest BCUT2D eigenvalue weighted by Crippen LogP contribution is 2.38. The summed E-state index contributed by atoms with van der Waals surface area (Å²) in [5.74, 6) is 0. The summed E-state index contributed by atoms with van der Waals surface area (Å²) in [6.07, 6.45) is 3.21. The molecule has 3 nitrogen and oxygen atoms in total. The topological polar surface area (TPSA) is 30.7 Å². The Morgan fingerprint density at radius 3 is 2.43 bits per heavy atom. The summed E-state index contributed by atoms with van der Waals surface area (Å²) in [6.45, 7) is 0. The third-order valence-corrected chi connectivity index (χ3v) is 4.74. The van der Waals surface area contributed by atoms with Crippen molar-refractivity contribution in [1.29, 1.82) is 0 Å². The molecule has 3 rings (SSSR count). The van der Waals surface area contributed by atoms with Crippen LogP contribution in [0, 0.1) is 0 Å². The Morgan fingerprint density at radius 2 is 1.76 bits per heavy atom. The Morgan fingerprint density at radius 1 is 1.00 bits per heavy atom. The molecule has 21 heavy (non-hydrogen) atoms. The molecule has 1 unspecified atom stereocenters. The number of nitrogens with zero attached hydrogens (tertiary/aromatic N) is 3. The van der Waals surface area contributed by atoms with E-state index in [4.69, 9.17) is 23.2 Å². The van der Waals surface area contributed by atoms with Crippen LogP contribution in [0.3, 0.4) is 0 Å². The Hall–Kier alpha value is -1.49. The molecule has 106 valence electrons. The molecule has 1 atom stereocenters. The minimum absolute atomic E-state index is 0.0811. The van der Waals surface area contributed by atoms with Crippen LogP contribution in [0.15, 0.2) is 66.1 Å². The van der Waals surface area contributed by atoms with Crippen molar-refractivity contribution in [3.05, 3.63) is 76.8 Å². The zero-order chi connectivity index (χ0) is 14.7. The first-order valence-corrected chi connectivity index (χ1v) is 7.88. The zero-order valence-corrected chi connectivity index (χ0v) is 13.2. The van der Waals surface area contributed by atoms with Gasteiger partial charge >= 0.3 is 0 Å². The molecule has 3 aromatic rings. The van der Waals surface area contributed by atoms with Crippen molar-refractivity contribution >= 4 is 35.0 Å². The molecule has 6 heteroatoms. The molecular formula is C15H11Cl2N3S. The maximum Gasteiger partial charge on any atom is 0.137 e. The summed E-state index contributed by atoms with van der Waals surface area (Å²) in [7, 11) is 0. The van der Waals surface area contributed by atoms with Gasteiger partial charge in [-0.05, 0) is 30.3 Å². The predicted molar refractivity (Wildman–Crippen MR) is 86.9 cm³/mol. The van der Waals surface area contributed by atoms with E-state index < -0.39 is 0 Å². The highest BCUT2D eigenvalue weighted by molar-refractivity contribution is 7.99. The second-order valence-corrected chi connectivity index (χ2v) is 6.32. The number of hydrogen-bond donors (Lipinski definition) is 0. The molecule has 0 aliphatic rings. The smallest absolute Gasteiger partial charge is 0.137 e. The Labute approximate surface area is 136 Å². The van der Waals surface area contributed by atoms with Gasteiger partial charge in [-0.25, -0.2) is 9.67 Å². The fraction of sp³-hybridized carbons (Fsp3) is 0.0667. The molecule has 0 bridgehead atoms.